The number of benzene rings is 2. The van der Waals surface area contributed by atoms with Crippen LogP contribution >= 0.6 is 15.9 Å². The van der Waals surface area contributed by atoms with Gasteiger partial charge in [0.15, 0.2) is 5.78 Å². The number of rotatable bonds is 5. The van der Waals surface area contributed by atoms with Gasteiger partial charge in [0.05, 0.1) is 18.9 Å². The van der Waals surface area contributed by atoms with Crippen LogP contribution in [0.2, 0.25) is 0 Å². The Balaban J connectivity index is 1.72. The van der Waals surface area contributed by atoms with Crippen LogP contribution in [0.1, 0.15) is 16.1 Å². The number of carbonyl (C=O) groups excluding carboxylic acids is 1. The van der Waals surface area contributed by atoms with Gasteiger partial charge < -0.3 is 14.6 Å². The van der Waals surface area contributed by atoms with E-state index in [9.17, 15) is 4.79 Å². The van der Waals surface area contributed by atoms with Crippen molar-refractivity contribution in [2.45, 2.75) is 6.42 Å². The number of ketones is 1. The number of nitrogens with zero attached hydrogens (tertiary/aromatic N) is 1. The molecule has 27 heavy (non-hydrogen) atoms. The summed E-state index contributed by atoms with van der Waals surface area (Å²) < 4.78 is 6.55. The van der Waals surface area contributed by atoms with Crippen molar-refractivity contribution >= 4 is 27.4 Å². The van der Waals surface area contributed by atoms with E-state index in [-0.39, 0.29) is 5.78 Å². The SMILES string of the molecule is O=C(Cc1ccccc1)c1[nH]cc(-c2ccc(Br)cc2)c1N1CCOCC1. The molecule has 2 aromatic carbocycles. The first-order valence-corrected chi connectivity index (χ1v) is 9.89. The molecule has 1 aliphatic rings. The third kappa shape index (κ3) is 3.99. The fourth-order valence-electron chi connectivity index (χ4n) is 3.46. The summed E-state index contributed by atoms with van der Waals surface area (Å²) in [6, 6.07) is 18.1. The summed E-state index contributed by atoms with van der Waals surface area (Å²) in [7, 11) is 0. The number of H-pyrrole nitrogens is 1. The van der Waals surface area contributed by atoms with Crippen LogP contribution in [0.25, 0.3) is 11.1 Å². The first-order valence-electron chi connectivity index (χ1n) is 9.09. The Morgan fingerprint density at radius 2 is 1.74 bits per heavy atom. The van der Waals surface area contributed by atoms with Gasteiger partial charge in [0.25, 0.3) is 0 Å². The van der Waals surface area contributed by atoms with Gasteiger partial charge in [0.2, 0.25) is 0 Å². The van der Waals surface area contributed by atoms with E-state index in [0.29, 0.717) is 25.3 Å². The van der Waals surface area contributed by atoms with E-state index < -0.39 is 0 Å². The quantitative estimate of drug-likeness (QED) is 0.603. The Morgan fingerprint density at radius 3 is 2.44 bits per heavy atom. The second-order valence-corrected chi connectivity index (χ2v) is 7.53. The molecule has 1 aliphatic heterocycles. The summed E-state index contributed by atoms with van der Waals surface area (Å²) in [6.07, 6.45) is 2.34. The van der Waals surface area contributed by atoms with Gasteiger partial charge in [0.1, 0.15) is 5.69 Å². The zero-order chi connectivity index (χ0) is 18.6. The van der Waals surface area contributed by atoms with E-state index in [4.69, 9.17) is 4.74 Å². The third-order valence-electron chi connectivity index (χ3n) is 4.82. The molecule has 0 aliphatic carbocycles. The summed E-state index contributed by atoms with van der Waals surface area (Å²) in [4.78, 5) is 18.6. The maximum absolute atomic E-state index is 13.1. The molecule has 1 fully saturated rings. The summed E-state index contributed by atoms with van der Waals surface area (Å²) in [6.45, 7) is 2.93. The first-order chi connectivity index (χ1) is 13.2. The molecule has 138 valence electrons. The minimum atomic E-state index is 0.103. The second kappa shape index (κ2) is 8.11. The minimum Gasteiger partial charge on any atom is -0.378 e. The predicted octanol–water partition coefficient (Wildman–Crippen LogP) is 4.71. The lowest BCUT2D eigenvalue weighted by Crippen LogP contribution is -2.37. The monoisotopic (exact) mass is 424 g/mol. The van der Waals surface area contributed by atoms with Gasteiger partial charge >= 0.3 is 0 Å². The van der Waals surface area contributed by atoms with Crippen LogP contribution in [-0.2, 0) is 11.2 Å². The number of carbonyl (C=O) groups is 1. The molecule has 0 atom stereocenters. The smallest absolute Gasteiger partial charge is 0.185 e. The zero-order valence-electron chi connectivity index (χ0n) is 15.0. The van der Waals surface area contributed by atoms with Gasteiger partial charge in [-0.15, -0.1) is 0 Å². The number of anilines is 1. The number of hydrogen-bond donors (Lipinski definition) is 1. The van der Waals surface area contributed by atoms with Crippen molar-refractivity contribution in [3.63, 3.8) is 0 Å². The average molecular weight is 425 g/mol. The van der Waals surface area contributed by atoms with Crippen LogP contribution in [0.5, 0.6) is 0 Å². The van der Waals surface area contributed by atoms with Crippen LogP contribution < -0.4 is 4.90 Å². The number of Topliss-reactive ketones (excluding diaryl/α,β-unsaturated/α-hetero) is 1. The van der Waals surface area contributed by atoms with Crippen molar-refractivity contribution in [2.24, 2.45) is 0 Å². The fraction of sp³-hybridized carbons (Fsp3) is 0.227. The molecule has 0 spiro atoms. The number of morpholine rings is 1. The van der Waals surface area contributed by atoms with Crippen LogP contribution in [0.3, 0.4) is 0 Å². The topological polar surface area (TPSA) is 45.3 Å². The van der Waals surface area contributed by atoms with Crippen molar-refractivity contribution in [1.82, 2.24) is 4.98 Å². The summed E-state index contributed by atoms with van der Waals surface area (Å²) >= 11 is 3.49. The number of aromatic nitrogens is 1. The molecule has 0 radical (unpaired) electrons. The van der Waals surface area contributed by atoms with Gasteiger partial charge in [-0.1, -0.05) is 58.4 Å². The molecule has 5 heteroatoms. The Kier molecular flexibility index (Phi) is 5.41. The van der Waals surface area contributed by atoms with Crippen molar-refractivity contribution in [3.8, 4) is 11.1 Å². The van der Waals surface area contributed by atoms with Crippen LogP contribution in [0.4, 0.5) is 5.69 Å². The van der Waals surface area contributed by atoms with E-state index >= 15 is 0 Å². The lowest BCUT2D eigenvalue weighted by atomic mass is 10.0. The van der Waals surface area contributed by atoms with Crippen molar-refractivity contribution in [2.75, 3.05) is 31.2 Å². The molecule has 3 aromatic rings. The number of aromatic amines is 1. The largest absolute Gasteiger partial charge is 0.378 e. The van der Waals surface area contributed by atoms with Gasteiger partial charge in [-0.3, -0.25) is 4.79 Å². The van der Waals surface area contributed by atoms with E-state index in [1.165, 1.54) is 0 Å². The average Bonchev–Trinajstić information content (AvgIpc) is 3.15. The molecule has 0 saturated carbocycles. The molecule has 0 amide bonds. The lowest BCUT2D eigenvalue weighted by Gasteiger charge is -2.30. The molecule has 0 unspecified atom stereocenters. The summed E-state index contributed by atoms with van der Waals surface area (Å²) in [5, 5.41) is 0. The Labute approximate surface area is 167 Å². The molecule has 4 nitrogen and oxygen atoms in total. The number of ether oxygens (including phenoxy) is 1. The van der Waals surface area contributed by atoms with Crippen LogP contribution in [0, 0.1) is 0 Å². The summed E-state index contributed by atoms with van der Waals surface area (Å²) in [5.41, 5.74) is 4.84. The molecule has 1 saturated heterocycles. The van der Waals surface area contributed by atoms with E-state index in [1.807, 2.05) is 48.7 Å². The van der Waals surface area contributed by atoms with E-state index in [0.717, 1.165) is 39.9 Å². The molecule has 0 bridgehead atoms. The highest BCUT2D eigenvalue weighted by Gasteiger charge is 2.24. The van der Waals surface area contributed by atoms with Gasteiger partial charge in [-0.2, -0.15) is 0 Å². The molecular formula is C22H21BrN2O2. The zero-order valence-corrected chi connectivity index (χ0v) is 16.5. The molecule has 1 aromatic heterocycles. The first kappa shape index (κ1) is 18.0. The highest BCUT2D eigenvalue weighted by molar-refractivity contribution is 9.10. The predicted molar refractivity (Wildman–Crippen MR) is 111 cm³/mol. The molecule has 1 N–H and O–H groups in total. The third-order valence-corrected chi connectivity index (χ3v) is 5.35. The van der Waals surface area contributed by atoms with Crippen LogP contribution in [-0.4, -0.2) is 37.1 Å². The molecule has 2 heterocycles. The Hall–Kier alpha value is -2.37. The fourth-order valence-corrected chi connectivity index (χ4v) is 3.73. The van der Waals surface area contributed by atoms with E-state index in [1.54, 1.807) is 0 Å². The lowest BCUT2D eigenvalue weighted by molar-refractivity contribution is 0.0987. The summed E-state index contributed by atoms with van der Waals surface area (Å²) in [5.74, 6) is 0.103. The highest BCUT2D eigenvalue weighted by atomic mass is 79.9. The van der Waals surface area contributed by atoms with E-state index in [2.05, 4.69) is 37.9 Å². The van der Waals surface area contributed by atoms with Gasteiger partial charge in [0, 0.05) is 35.7 Å². The maximum Gasteiger partial charge on any atom is 0.185 e. The number of halogens is 1. The standard InChI is InChI=1S/C22H21BrN2O2/c23-18-8-6-17(7-9-18)19-15-24-21(22(19)25-10-12-27-13-11-25)20(26)14-16-4-2-1-3-5-16/h1-9,15,24H,10-14H2. The minimum absolute atomic E-state index is 0.103. The van der Waals surface area contributed by atoms with Crippen molar-refractivity contribution in [3.05, 3.63) is 76.5 Å². The Morgan fingerprint density at radius 1 is 1.04 bits per heavy atom. The normalized spacial score (nSPS) is 14.3. The number of hydrogen-bond acceptors (Lipinski definition) is 3. The maximum atomic E-state index is 13.1. The van der Waals surface area contributed by atoms with Crippen molar-refractivity contribution in [1.29, 1.82) is 0 Å². The number of nitrogens with one attached hydrogen (secondary N) is 1. The van der Waals surface area contributed by atoms with Gasteiger partial charge in [-0.05, 0) is 23.3 Å². The van der Waals surface area contributed by atoms with Crippen LogP contribution in [0.15, 0.2) is 65.3 Å². The molecule has 4 rings (SSSR count). The Bertz CT molecular complexity index is 913. The molecular weight excluding hydrogens is 404 g/mol. The second-order valence-electron chi connectivity index (χ2n) is 6.62. The van der Waals surface area contributed by atoms with Gasteiger partial charge in [-0.25, -0.2) is 0 Å². The highest BCUT2D eigenvalue weighted by Crippen LogP contribution is 2.36. The van der Waals surface area contributed by atoms with Crippen molar-refractivity contribution < 1.29 is 9.53 Å².